The third kappa shape index (κ3) is 6.79. The predicted octanol–water partition coefficient (Wildman–Crippen LogP) is 3.79. The first-order valence-corrected chi connectivity index (χ1v) is 9.95. The Morgan fingerprint density at radius 3 is 2.13 bits per heavy atom. The maximum Gasteiger partial charge on any atom is 0.243 e. The highest BCUT2D eigenvalue weighted by Crippen LogP contribution is 2.21. The Morgan fingerprint density at radius 2 is 1.61 bits per heavy atom. The fraction of sp³-hybridized carbons (Fsp3) is 0.647. The molecular weight excluding hydrogens is 334 g/mol. The van der Waals surface area contributed by atoms with Crippen LogP contribution in [0.1, 0.15) is 40.0 Å². The number of nitrogens with zero attached hydrogens (tertiary/aromatic N) is 1. The van der Waals surface area contributed by atoms with E-state index in [1.807, 2.05) is 6.92 Å². The first-order valence-electron chi connectivity index (χ1n) is 8.14. The zero-order chi connectivity index (χ0) is 17.5. The molecule has 4 nitrogen and oxygen atoms in total. The Morgan fingerprint density at radius 1 is 1.04 bits per heavy atom. The highest BCUT2D eigenvalue weighted by Gasteiger charge is 2.24. The quantitative estimate of drug-likeness (QED) is 0.689. The number of benzene rings is 1. The van der Waals surface area contributed by atoms with Crippen LogP contribution in [0.2, 0.25) is 5.02 Å². The van der Waals surface area contributed by atoms with Crippen molar-refractivity contribution in [3.05, 3.63) is 29.3 Å². The molecule has 0 amide bonds. The van der Waals surface area contributed by atoms with Crippen LogP contribution in [-0.2, 0) is 10.0 Å². The van der Waals surface area contributed by atoms with Crippen LogP contribution >= 0.6 is 11.6 Å². The first kappa shape index (κ1) is 20.4. The lowest BCUT2D eigenvalue weighted by Crippen LogP contribution is -2.34. The lowest BCUT2D eigenvalue weighted by Gasteiger charge is -2.24. The van der Waals surface area contributed by atoms with Gasteiger partial charge < -0.3 is 5.11 Å². The van der Waals surface area contributed by atoms with Gasteiger partial charge in [-0.3, -0.25) is 0 Å². The van der Waals surface area contributed by atoms with Gasteiger partial charge in [0.25, 0.3) is 0 Å². The number of hydrogen-bond donors (Lipinski definition) is 1. The molecule has 0 aliphatic carbocycles. The summed E-state index contributed by atoms with van der Waals surface area (Å²) in [5, 5.41) is 9.52. The number of rotatable bonds is 10. The van der Waals surface area contributed by atoms with Crippen molar-refractivity contribution in [1.82, 2.24) is 4.31 Å². The molecule has 0 aliphatic rings. The topological polar surface area (TPSA) is 57.6 Å². The van der Waals surface area contributed by atoms with Gasteiger partial charge in [-0.05, 0) is 55.4 Å². The SMILES string of the molecule is CC(C)CCN(CC[C@@H](C)CCO)S(=O)(=O)c1ccc(Cl)cc1. The Labute approximate surface area is 145 Å². The van der Waals surface area contributed by atoms with Gasteiger partial charge in [0.2, 0.25) is 10.0 Å². The third-order valence-corrected chi connectivity index (χ3v) is 6.07. The first-order chi connectivity index (χ1) is 10.8. The second kappa shape index (κ2) is 9.62. The minimum absolute atomic E-state index is 0.136. The number of aliphatic hydroxyl groups excluding tert-OH is 1. The molecule has 1 aromatic rings. The lowest BCUT2D eigenvalue weighted by atomic mass is 10.0. The molecule has 1 N–H and O–H groups in total. The number of aliphatic hydroxyl groups is 1. The third-order valence-electron chi connectivity index (χ3n) is 3.90. The Hall–Kier alpha value is -0.620. The number of hydrogen-bond acceptors (Lipinski definition) is 3. The van der Waals surface area contributed by atoms with Gasteiger partial charge in [-0.15, -0.1) is 0 Å². The second-order valence-electron chi connectivity index (χ2n) is 6.45. The van der Waals surface area contributed by atoms with E-state index in [9.17, 15) is 8.42 Å². The van der Waals surface area contributed by atoms with Crippen molar-refractivity contribution in [2.75, 3.05) is 19.7 Å². The van der Waals surface area contributed by atoms with Crippen molar-refractivity contribution in [2.24, 2.45) is 11.8 Å². The normalized spacial score (nSPS) is 13.7. The zero-order valence-corrected chi connectivity index (χ0v) is 15.8. The molecular formula is C17H28ClNO3S. The smallest absolute Gasteiger partial charge is 0.243 e. The molecule has 0 aliphatic heterocycles. The van der Waals surface area contributed by atoms with Gasteiger partial charge >= 0.3 is 0 Å². The molecule has 1 aromatic carbocycles. The summed E-state index contributed by atoms with van der Waals surface area (Å²) in [6.45, 7) is 7.32. The van der Waals surface area contributed by atoms with E-state index in [4.69, 9.17) is 16.7 Å². The second-order valence-corrected chi connectivity index (χ2v) is 8.82. The average Bonchev–Trinajstić information content (AvgIpc) is 2.47. The van der Waals surface area contributed by atoms with E-state index in [0.717, 1.165) is 12.8 Å². The Kier molecular flexibility index (Phi) is 8.54. The van der Waals surface area contributed by atoms with Crippen molar-refractivity contribution in [3.63, 3.8) is 0 Å². The van der Waals surface area contributed by atoms with Gasteiger partial charge in [-0.25, -0.2) is 8.42 Å². The molecule has 0 bridgehead atoms. The van der Waals surface area contributed by atoms with Crippen molar-refractivity contribution in [3.8, 4) is 0 Å². The molecule has 132 valence electrons. The summed E-state index contributed by atoms with van der Waals surface area (Å²) < 4.78 is 27.3. The highest BCUT2D eigenvalue weighted by molar-refractivity contribution is 7.89. The van der Waals surface area contributed by atoms with Gasteiger partial charge in [0.1, 0.15) is 0 Å². The standard InChI is InChI=1S/C17H28ClNO3S/c1-14(2)8-11-19(12-9-15(3)10-13-20)23(21,22)17-6-4-16(18)5-7-17/h4-7,14-15,20H,8-13H2,1-3H3/t15-/m1/s1. The maximum atomic E-state index is 12.9. The summed E-state index contributed by atoms with van der Waals surface area (Å²) >= 11 is 5.85. The largest absolute Gasteiger partial charge is 0.396 e. The minimum Gasteiger partial charge on any atom is -0.396 e. The summed E-state index contributed by atoms with van der Waals surface area (Å²) in [4.78, 5) is 0.278. The molecule has 0 radical (unpaired) electrons. The molecule has 1 atom stereocenters. The van der Waals surface area contributed by atoms with Crippen LogP contribution < -0.4 is 0 Å². The van der Waals surface area contributed by atoms with E-state index in [2.05, 4.69) is 13.8 Å². The van der Waals surface area contributed by atoms with Crippen LogP contribution in [0.5, 0.6) is 0 Å². The predicted molar refractivity (Wildman–Crippen MR) is 95.1 cm³/mol. The van der Waals surface area contributed by atoms with Crippen molar-refractivity contribution in [2.45, 2.75) is 44.9 Å². The number of halogens is 1. The van der Waals surface area contributed by atoms with Crippen LogP contribution in [0.3, 0.4) is 0 Å². The van der Waals surface area contributed by atoms with Gasteiger partial charge in [-0.1, -0.05) is 32.4 Å². The molecule has 0 heterocycles. The van der Waals surface area contributed by atoms with Gasteiger partial charge in [-0.2, -0.15) is 4.31 Å². The summed E-state index contributed by atoms with van der Waals surface area (Å²) in [5.74, 6) is 0.731. The van der Waals surface area contributed by atoms with Crippen LogP contribution in [0.25, 0.3) is 0 Å². The van der Waals surface area contributed by atoms with Crippen molar-refractivity contribution >= 4 is 21.6 Å². The molecule has 0 saturated carbocycles. The molecule has 0 aromatic heterocycles. The number of sulfonamides is 1. The molecule has 0 unspecified atom stereocenters. The average molecular weight is 362 g/mol. The molecule has 0 fully saturated rings. The van der Waals surface area contributed by atoms with Crippen LogP contribution in [0.4, 0.5) is 0 Å². The minimum atomic E-state index is -3.51. The summed E-state index contributed by atoms with van der Waals surface area (Å²) in [6, 6.07) is 6.31. The maximum absolute atomic E-state index is 12.9. The summed E-state index contributed by atoms with van der Waals surface area (Å²) in [7, 11) is -3.51. The van der Waals surface area contributed by atoms with E-state index < -0.39 is 10.0 Å². The Bertz CT molecular complexity index is 558. The van der Waals surface area contributed by atoms with Gasteiger partial charge in [0.15, 0.2) is 0 Å². The summed E-state index contributed by atoms with van der Waals surface area (Å²) in [6.07, 6.45) is 2.26. The fourth-order valence-corrected chi connectivity index (χ4v) is 3.83. The lowest BCUT2D eigenvalue weighted by molar-refractivity contribution is 0.251. The summed E-state index contributed by atoms with van der Waals surface area (Å²) in [5.41, 5.74) is 0. The Balaban J connectivity index is 2.89. The molecule has 1 rings (SSSR count). The molecule has 0 spiro atoms. The monoisotopic (exact) mass is 361 g/mol. The van der Waals surface area contributed by atoms with Gasteiger partial charge in [0.05, 0.1) is 4.90 Å². The zero-order valence-electron chi connectivity index (χ0n) is 14.2. The van der Waals surface area contributed by atoms with E-state index in [1.54, 1.807) is 28.6 Å². The molecule has 23 heavy (non-hydrogen) atoms. The van der Waals surface area contributed by atoms with E-state index >= 15 is 0 Å². The fourth-order valence-electron chi connectivity index (χ4n) is 2.24. The van der Waals surface area contributed by atoms with E-state index in [0.29, 0.717) is 36.4 Å². The van der Waals surface area contributed by atoms with E-state index in [1.165, 1.54) is 0 Å². The highest BCUT2D eigenvalue weighted by atomic mass is 35.5. The van der Waals surface area contributed by atoms with Crippen LogP contribution in [0, 0.1) is 11.8 Å². The van der Waals surface area contributed by atoms with Crippen molar-refractivity contribution < 1.29 is 13.5 Å². The van der Waals surface area contributed by atoms with E-state index in [-0.39, 0.29) is 11.5 Å². The van der Waals surface area contributed by atoms with Crippen LogP contribution in [-0.4, -0.2) is 37.5 Å². The van der Waals surface area contributed by atoms with Crippen LogP contribution in [0.15, 0.2) is 29.2 Å². The van der Waals surface area contributed by atoms with Crippen molar-refractivity contribution in [1.29, 1.82) is 0 Å². The molecule has 6 heteroatoms. The van der Waals surface area contributed by atoms with Gasteiger partial charge in [0, 0.05) is 24.7 Å². The molecule has 0 saturated heterocycles.